The highest BCUT2D eigenvalue weighted by Crippen LogP contribution is 2.33. The van der Waals surface area contributed by atoms with E-state index in [1.165, 1.54) is 11.3 Å². The summed E-state index contributed by atoms with van der Waals surface area (Å²) in [5.41, 5.74) is 2.74. The molecule has 0 bridgehead atoms. The first-order valence-corrected chi connectivity index (χ1v) is 14.1. The number of hydrogen-bond acceptors (Lipinski definition) is 7. The van der Waals surface area contributed by atoms with Crippen LogP contribution in [0.4, 0.5) is 5.69 Å². The van der Waals surface area contributed by atoms with Gasteiger partial charge in [-0.15, -0.1) is 6.42 Å². The minimum atomic E-state index is -0.722. The molecule has 2 heterocycles. The second-order valence-corrected chi connectivity index (χ2v) is 10.3. The van der Waals surface area contributed by atoms with Gasteiger partial charge in [-0.05, 0) is 67.4 Å². The summed E-state index contributed by atoms with van der Waals surface area (Å²) in [6.45, 7) is 4.21. The molecule has 0 saturated carbocycles. The molecule has 5 rings (SSSR count). The maximum Gasteiger partial charge on any atom is 0.271 e. The van der Waals surface area contributed by atoms with E-state index in [1.807, 2.05) is 67.6 Å². The van der Waals surface area contributed by atoms with Crippen LogP contribution in [0.5, 0.6) is 17.2 Å². The van der Waals surface area contributed by atoms with Crippen molar-refractivity contribution in [2.75, 3.05) is 25.6 Å². The van der Waals surface area contributed by atoms with E-state index in [4.69, 9.17) is 25.6 Å². The van der Waals surface area contributed by atoms with Gasteiger partial charge in [-0.1, -0.05) is 53.7 Å². The van der Waals surface area contributed by atoms with Crippen molar-refractivity contribution in [3.8, 4) is 29.6 Å². The van der Waals surface area contributed by atoms with E-state index in [-0.39, 0.29) is 18.1 Å². The second kappa shape index (κ2) is 12.6. The highest BCUT2D eigenvalue weighted by atomic mass is 32.1. The van der Waals surface area contributed by atoms with Gasteiger partial charge in [0.05, 0.1) is 35.6 Å². The van der Waals surface area contributed by atoms with E-state index in [0.717, 1.165) is 11.1 Å². The molecular formula is C33H29N3O5S. The maximum absolute atomic E-state index is 14.0. The Labute approximate surface area is 247 Å². The van der Waals surface area contributed by atoms with Crippen LogP contribution in [0.2, 0.25) is 0 Å². The predicted octanol–water partition coefficient (Wildman–Crippen LogP) is 4.29. The van der Waals surface area contributed by atoms with E-state index in [9.17, 15) is 9.59 Å². The fraction of sp³-hybridized carbons (Fsp3) is 0.182. The second-order valence-electron chi connectivity index (χ2n) is 9.31. The fourth-order valence-corrected chi connectivity index (χ4v) is 5.78. The quantitative estimate of drug-likeness (QED) is 0.299. The number of anilines is 1. The van der Waals surface area contributed by atoms with Crippen molar-refractivity contribution in [2.45, 2.75) is 19.9 Å². The highest BCUT2D eigenvalue weighted by molar-refractivity contribution is 7.07. The molecule has 1 amide bonds. The minimum Gasteiger partial charge on any atom is -0.497 e. The number of rotatable bonds is 9. The van der Waals surface area contributed by atoms with Crippen molar-refractivity contribution >= 4 is 29.0 Å². The van der Waals surface area contributed by atoms with Crippen molar-refractivity contribution in [2.24, 2.45) is 4.99 Å². The lowest BCUT2D eigenvalue weighted by Crippen LogP contribution is -2.40. The molecule has 4 aromatic rings. The molecule has 1 aliphatic rings. The molecule has 0 fully saturated rings. The van der Waals surface area contributed by atoms with E-state index >= 15 is 0 Å². The summed E-state index contributed by atoms with van der Waals surface area (Å²) in [4.78, 5) is 33.0. The van der Waals surface area contributed by atoms with Crippen LogP contribution in [0.15, 0.2) is 93.9 Å². The maximum atomic E-state index is 14.0. The number of hydrogen-bond donors (Lipinski definition) is 1. The average Bonchev–Trinajstić information content (AvgIpc) is 3.30. The summed E-state index contributed by atoms with van der Waals surface area (Å²) < 4.78 is 18.8. The molecule has 42 heavy (non-hydrogen) atoms. The van der Waals surface area contributed by atoms with Gasteiger partial charge in [0.2, 0.25) is 0 Å². The zero-order chi connectivity index (χ0) is 29.6. The largest absolute Gasteiger partial charge is 0.497 e. The zero-order valence-corrected chi connectivity index (χ0v) is 24.2. The van der Waals surface area contributed by atoms with Gasteiger partial charge in [0.25, 0.3) is 11.5 Å². The van der Waals surface area contributed by atoms with Crippen molar-refractivity contribution in [1.82, 2.24) is 4.57 Å². The Kier molecular flexibility index (Phi) is 8.55. The summed E-state index contributed by atoms with van der Waals surface area (Å²) in [7, 11) is 1.58. The first-order valence-electron chi connectivity index (χ1n) is 13.3. The Morgan fingerprint density at radius 3 is 2.64 bits per heavy atom. The lowest BCUT2D eigenvalue weighted by Gasteiger charge is -2.25. The summed E-state index contributed by atoms with van der Waals surface area (Å²) >= 11 is 1.26. The third-order valence-corrected chi connectivity index (χ3v) is 7.57. The monoisotopic (exact) mass is 579 g/mol. The molecule has 1 aliphatic heterocycles. The van der Waals surface area contributed by atoms with Crippen molar-refractivity contribution in [1.29, 1.82) is 0 Å². The number of methoxy groups -OCH3 is 1. The molecule has 3 aromatic carbocycles. The van der Waals surface area contributed by atoms with Crippen LogP contribution in [-0.4, -0.2) is 30.8 Å². The van der Waals surface area contributed by atoms with E-state index in [0.29, 0.717) is 50.1 Å². The van der Waals surface area contributed by atoms with Gasteiger partial charge < -0.3 is 19.5 Å². The van der Waals surface area contributed by atoms with E-state index in [2.05, 4.69) is 11.2 Å². The lowest BCUT2D eigenvalue weighted by atomic mass is 9.95. The fourth-order valence-electron chi connectivity index (χ4n) is 4.73. The van der Waals surface area contributed by atoms with Gasteiger partial charge in [-0.25, -0.2) is 4.99 Å². The first kappa shape index (κ1) is 28.5. The van der Waals surface area contributed by atoms with Gasteiger partial charge in [-0.2, -0.15) is 0 Å². The number of thiazole rings is 1. The van der Waals surface area contributed by atoms with Gasteiger partial charge in [0.15, 0.2) is 16.3 Å². The number of fused-ring (bicyclic) bond motifs is 1. The van der Waals surface area contributed by atoms with E-state index < -0.39 is 6.04 Å². The lowest BCUT2D eigenvalue weighted by molar-refractivity contribution is -0.113. The first-order chi connectivity index (χ1) is 20.4. The van der Waals surface area contributed by atoms with Crippen molar-refractivity contribution < 1.29 is 19.0 Å². The molecule has 0 saturated heterocycles. The van der Waals surface area contributed by atoms with Crippen LogP contribution < -0.4 is 34.4 Å². The average molecular weight is 580 g/mol. The topological polar surface area (TPSA) is 91.2 Å². The molecule has 9 heteroatoms. The van der Waals surface area contributed by atoms with E-state index in [1.54, 1.807) is 36.8 Å². The number of carbonyl (C=O) groups is 1. The Bertz CT molecular complexity index is 1880. The molecule has 1 N–H and O–H groups in total. The molecule has 8 nitrogen and oxygen atoms in total. The molecule has 1 aromatic heterocycles. The number of allylic oxidation sites excluding steroid dienone is 1. The van der Waals surface area contributed by atoms with Crippen molar-refractivity contribution in [3.63, 3.8) is 0 Å². The standard InChI is InChI=1S/C33H29N3O5S/c1-5-17-41-26-16-15-22(18-27(26)40-6-2)19-28-32(38)36-30(23-11-10-14-25(20-23)39-4)29(21(3)34-33(36)42-28)31(37)35-24-12-8-7-9-13-24/h1,7-16,18-20,30H,6,17H2,2-4H3,(H,35,37)/b28-19-/t30-/m1/s1. The third-order valence-electron chi connectivity index (χ3n) is 6.58. The molecule has 0 radical (unpaired) electrons. The third kappa shape index (κ3) is 5.85. The molecular weight excluding hydrogens is 550 g/mol. The number of nitrogens with zero attached hydrogens (tertiary/aromatic N) is 2. The van der Waals surface area contributed by atoms with Crippen LogP contribution in [0.25, 0.3) is 6.08 Å². The number of carbonyl (C=O) groups excluding carboxylic acids is 1. The number of amides is 1. The zero-order valence-electron chi connectivity index (χ0n) is 23.4. The van der Waals surface area contributed by atoms with Crippen molar-refractivity contribution in [3.05, 3.63) is 115 Å². The summed E-state index contributed by atoms with van der Waals surface area (Å²) in [6, 6.07) is 21.2. The summed E-state index contributed by atoms with van der Waals surface area (Å²) in [5.74, 6) is 3.78. The highest BCUT2D eigenvalue weighted by Gasteiger charge is 2.32. The Morgan fingerprint density at radius 1 is 1.10 bits per heavy atom. The number of para-hydroxylation sites is 1. The number of benzene rings is 3. The van der Waals surface area contributed by atoms with Crippen LogP contribution in [0.1, 0.15) is 31.0 Å². The molecule has 1 atom stereocenters. The minimum absolute atomic E-state index is 0.113. The van der Waals surface area contributed by atoms with Crippen LogP contribution >= 0.6 is 11.3 Å². The smallest absolute Gasteiger partial charge is 0.271 e. The summed E-state index contributed by atoms with van der Waals surface area (Å²) in [5, 5.41) is 2.96. The Hall–Kier alpha value is -5.07. The summed E-state index contributed by atoms with van der Waals surface area (Å²) in [6.07, 6.45) is 7.12. The molecule has 0 aliphatic carbocycles. The normalized spacial score (nSPS) is 14.4. The van der Waals surface area contributed by atoms with Gasteiger partial charge in [0, 0.05) is 5.69 Å². The number of aromatic nitrogens is 1. The molecule has 212 valence electrons. The molecule has 0 unspecified atom stereocenters. The Morgan fingerprint density at radius 2 is 1.90 bits per heavy atom. The van der Waals surface area contributed by atoms with Gasteiger partial charge in [-0.3, -0.25) is 14.2 Å². The Balaban J connectivity index is 1.64. The SMILES string of the molecule is C#CCOc1ccc(/C=c2\sc3n(c2=O)[C@H](c2cccc(OC)c2)C(C(=O)Nc2ccccc2)=C(C)N=3)cc1OCC. The van der Waals surface area contributed by atoms with Crippen LogP contribution in [0, 0.1) is 12.3 Å². The number of nitrogens with one attached hydrogen (secondary N) is 1. The van der Waals surface area contributed by atoms with Gasteiger partial charge >= 0.3 is 0 Å². The molecule has 0 spiro atoms. The van der Waals surface area contributed by atoms with Crippen LogP contribution in [-0.2, 0) is 4.79 Å². The predicted molar refractivity (Wildman–Crippen MR) is 164 cm³/mol. The number of ether oxygens (including phenoxy) is 3. The van der Waals surface area contributed by atoms with Gasteiger partial charge in [0.1, 0.15) is 12.4 Å². The van der Waals surface area contributed by atoms with Crippen LogP contribution in [0.3, 0.4) is 0 Å². The number of terminal acetylenes is 1.